The van der Waals surface area contributed by atoms with Crippen molar-refractivity contribution in [2.45, 2.75) is 32.2 Å². The largest absolute Gasteiger partial charge is 0.436 e. The molecule has 2 aromatic carbocycles. The van der Waals surface area contributed by atoms with Crippen molar-refractivity contribution in [3.8, 4) is 11.5 Å². The van der Waals surface area contributed by atoms with Gasteiger partial charge in [-0.25, -0.2) is 0 Å². The molecule has 0 aromatic heterocycles. The molecule has 2 aromatic rings. The van der Waals surface area contributed by atoms with Gasteiger partial charge in [0.2, 0.25) is 0 Å². The van der Waals surface area contributed by atoms with Crippen LogP contribution in [0.25, 0.3) is 0 Å². The molecule has 5 nitrogen and oxygen atoms in total. The number of aliphatic hydroxyl groups is 2. The van der Waals surface area contributed by atoms with Gasteiger partial charge < -0.3 is 19.7 Å². The predicted octanol–water partition coefficient (Wildman–Crippen LogP) is 2.69. The van der Waals surface area contributed by atoms with E-state index < -0.39 is 5.97 Å². The smallest absolute Gasteiger partial charge is 0.351 e. The maximum atomic E-state index is 10.2. The summed E-state index contributed by atoms with van der Waals surface area (Å²) in [5, 5.41) is 20.2. The number of carbonyl (C=O) groups is 1. The average molecular weight is 316 g/mol. The quantitative estimate of drug-likeness (QED) is 0.655. The van der Waals surface area contributed by atoms with Gasteiger partial charge in [0.05, 0.1) is 5.56 Å². The van der Waals surface area contributed by atoms with Gasteiger partial charge in [-0.05, 0) is 47.4 Å². The molecule has 0 heterocycles. The summed E-state index contributed by atoms with van der Waals surface area (Å²) in [7, 11) is 0. The van der Waals surface area contributed by atoms with Crippen LogP contribution >= 0.6 is 0 Å². The summed E-state index contributed by atoms with van der Waals surface area (Å²) in [5.41, 5.74) is 1.24. The fourth-order valence-electron chi connectivity index (χ4n) is 2.05. The van der Waals surface area contributed by atoms with Gasteiger partial charge in [0.25, 0.3) is 6.47 Å². The average Bonchev–Trinajstić information content (AvgIpc) is 2.47. The highest BCUT2D eigenvalue weighted by Crippen LogP contribution is 2.28. The third kappa shape index (κ3) is 4.31. The molecule has 0 fully saturated rings. The molecule has 5 heteroatoms. The summed E-state index contributed by atoms with van der Waals surface area (Å²) in [6.45, 7) is 6.57. The number of ether oxygens (including phenoxy) is 2. The van der Waals surface area contributed by atoms with Gasteiger partial charge in [0.15, 0.2) is 0 Å². The topological polar surface area (TPSA) is 76.0 Å². The Bertz CT molecular complexity index is 651. The first-order chi connectivity index (χ1) is 10.7. The van der Waals surface area contributed by atoms with Crippen LogP contribution in [-0.2, 0) is 16.2 Å². The monoisotopic (exact) mass is 316 g/mol. The van der Waals surface area contributed by atoms with Crippen LogP contribution in [0.4, 0.5) is 0 Å². The fraction of sp³-hybridized carbons (Fsp3) is 0.278. The zero-order chi connectivity index (χ0) is 17.1. The van der Waals surface area contributed by atoms with Crippen molar-refractivity contribution in [1.82, 2.24) is 0 Å². The van der Waals surface area contributed by atoms with Crippen LogP contribution in [0.3, 0.4) is 0 Å². The minimum atomic E-state index is -2.48. The molecule has 0 aliphatic heterocycles. The Labute approximate surface area is 135 Å². The Morgan fingerprint density at radius 1 is 0.826 bits per heavy atom. The summed E-state index contributed by atoms with van der Waals surface area (Å²) < 4.78 is 9.91. The van der Waals surface area contributed by atoms with E-state index in [0.29, 0.717) is 18.0 Å². The van der Waals surface area contributed by atoms with Gasteiger partial charge in [0, 0.05) is 0 Å². The van der Waals surface area contributed by atoms with E-state index in [-0.39, 0.29) is 11.0 Å². The highest BCUT2D eigenvalue weighted by atomic mass is 16.8. The lowest BCUT2D eigenvalue weighted by molar-refractivity contribution is -0.304. The summed E-state index contributed by atoms with van der Waals surface area (Å²) in [4.78, 5) is 10.2. The van der Waals surface area contributed by atoms with E-state index in [0.717, 1.165) is 5.56 Å². The summed E-state index contributed by atoms with van der Waals surface area (Å²) in [6.07, 6.45) is 0. The molecule has 0 bridgehead atoms. The van der Waals surface area contributed by atoms with E-state index in [1.165, 1.54) is 24.3 Å². The Hall–Kier alpha value is -2.37. The number of carbonyl (C=O) groups excluding carboxylic acids is 1. The molecule has 0 saturated carbocycles. The first-order valence-corrected chi connectivity index (χ1v) is 7.17. The molecule has 2 N–H and O–H groups in total. The zero-order valence-electron chi connectivity index (χ0n) is 13.3. The van der Waals surface area contributed by atoms with Crippen LogP contribution in [-0.4, -0.2) is 16.7 Å². The van der Waals surface area contributed by atoms with Gasteiger partial charge in [-0.3, -0.25) is 4.79 Å². The van der Waals surface area contributed by atoms with Gasteiger partial charge in [0.1, 0.15) is 11.5 Å². The molecular formula is C18H20O5. The van der Waals surface area contributed by atoms with Crippen molar-refractivity contribution in [1.29, 1.82) is 0 Å². The maximum absolute atomic E-state index is 10.2. The third-order valence-electron chi connectivity index (χ3n) is 3.40. The van der Waals surface area contributed by atoms with Crippen molar-refractivity contribution >= 4 is 6.47 Å². The lowest BCUT2D eigenvalue weighted by atomic mass is 9.87. The highest BCUT2D eigenvalue weighted by molar-refractivity contribution is 5.45. The van der Waals surface area contributed by atoms with Gasteiger partial charge in [-0.15, -0.1) is 0 Å². The zero-order valence-corrected chi connectivity index (χ0v) is 13.3. The van der Waals surface area contributed by atoms with Crippen LogP contribution in [0.1, 0.15) is 31.9 Å². The van der Waals surface area contributed by atoms with Crippen LogP contribution in [0.5, 0.6) is 11.5 Å². The predicted molar refractivity (Wildman–Crippen MR) is 85.0 cm³/mol. The molecule has 0 amide bonds. The molecule has 0 aliphatic carbocycles. The van der Waals surface area contributed by atoms with Crippen molar-refractivity contribution in [3.05, 3.63) is 59.7 Å². The summed E-state index contributed by atoms with van der Waals surface area (Å²) in [5.74, 6) is -1.85. The second kappa shape index (κ2) is 6.40. The van der Waals surface area contributed by atoms with Gasteiger partial charge in [-0.1, -0.05) is 32.9 Å². The van der Waals surface area contributed by atoms with Crippen LogP contribution in [0, 0.1) is 0 Å². The molecule has 23 heavy (non-hydrogen) atoms. The third-order valence-corrected chi connectivity index (χ3v) is 3.40. The molecule has 0 atom stereocenters. The van der Waals surface area contributed by atoms with Crippen LogP contribution < -0.4 is 9.47 Å². The maximum Gasteiger partial charge on any atom is 0.351 e. The fourth-order valence-corrected chi connectivity index (χ4v) is 2.05. The van der Waals surface area contributed by atoms with Crippen molar-refractivity contribution < 1.29 is 24.5 Å². The van der Waals surface area contributed by atoms with Gasteiger partial charge >= 0.3 is 5.97 Å². The van der Waals surface area contributed by atoms with Crippen LogP contribution in [0.15, 0.2) is 48.5 Å². The van der Waals surface area contributed by atoms with E-state index in [4.69, 9.17) is 4.74 Å². The Morgan fingerprint density at radius 3 is 1.78 bits per heavy atom. The van der Waals surface area contributed by atoms with E-state index >= 15 is 0 Å². The lowest BCUT2D eigenvalue weighted by Gasteiger charge is -2.24. The molecular weight excluding hydrogens is 296 g/mol. The first kappa shape index (κ1) is 17.0. The second-order valence-corrected chi connectivity index (χ2v) is 6.22. The lowest BCUT2D eigenvalue weighted by Crippen LogP contribution is -2.32. The number of hydrogen-bond donors (Lipinski definition) is 2. The Kier molecular flexibility index (Phi) is 4.73. The Morgan fingerprint density at radius 2 is 1.30 bits per heavy atom. The van der Waals surface area contributed by atoms with E-state index in [1.807, 2.05) is 12.1 Å². The van der Waals surface area contributed by atoms with Gasteiger partial charge in [-0.2, -0.15) is 0 Å². The first-order valence-electron chi connectivity index (χ1n) is 7.17. The number of benzene rings is 2. The summed E-state index contributed by atoms with van der Waals surface area (Å²) in [6, 6.07) is 12.8. The SMILES string of the molecule is CC(C)(C)c1ccc(OC(O)(O)c2ccc(OC=O)cc2)cc1. The minimum absolute atomic E-state index is 0.00244. The van der Waals surface area contributed by atoms with E-state index in [1.54, 1.807) is 12.1 Å². The Balaban J connectivity index is 2.15. The molecule has 0 radical (unpaired) electrons. The minimum Gasteiger partial charge on any atom is -0.436 e. The molecule has 122 valence electrons. The molecule has 0 aliphatic rings. The van der Waals surface area contributed by atoms with Crippen molar-refractivity contribution in [2.75, 3.05) is 0 Å². The second-order valence-electron chi connectivity index (χ2n) is 6.22. The normalized spacial score (nSPS) is 11.9. The molecule has 2 rings (SSSR count). The van der Waals surface area contributed by atoms with Crippen molar-refractivity contribution in [3.63, 3.8) is 0 Å². The number of hydrogen-bond acceptors (Lipinski definition) is 5. The van der Waals surface area contributed by atoms with Crippen molar-refractivity contribution in [2.24, 2.45) is 0 Å². The summed E-state index contributed by atoms with van der Waals surface area (Å²) >= 11 is 0. The number of rotatable bonds is 5. The van der Waals surface area contributed by atoms with E-state index in [2.05, 4.69) is 25.5 Å². The molecule has 0 spiro atoms. The molecule has 0 unspecified atom stereocenters. The van der Waals surface area contributed by atoms with Crippen LogP contribution in [0.2, 0.25) is 0 Å². The molecule has 0 saturated heterocycles. The highest BCUT2D eigenvalue weighted by Gasteiger charge is 2.29. The standard InChI is InChI=1S/C18H20O5/c1-17(2,3)13-4-10-16(11-5-13)23-18(20,21)14-6-8-15(9-7-14)22-12-19/h4-12,20-21H,1-3H3. The van der Waals surface area contributed by atoms with E-state index in [9.17, 15) is 15.0 Å².